The smallest absolute Gasteiger partial charge is 0.271 e. The van der Waals surface area contributed by atoms with Gasteiger partial charge in [-0.05, 0) is 67.1 Å². The molecular weight excluding hydrogens is 463 g/mol. The number of methoxy groups -OCH3 is 1. The van der Waals surface area contributed by atoms with Crippen molar-refractivity contribution in [3.05, 3.63) is 92.3 Å². The van der Waals surface area contributed by atoms with Gasteiger partial charge in [-0.1, -0.05) is 59.6 Å². The molecule has 3 aromatic rings. The van der Waals surface area contributed by atoms with Crippen LogP contribution in [0.5, 0.6) is 5.75 Å². The number of hydrogen-bond donors (Lipinski definition) is 0. The molecule has 0 unspecified atom stereocenters. The SMILES string of the molecule is COc1c(Cl)cc(Cl)cc1/C=C1\SC(=Nc2c(C)cccc2C)N(c2ccccc2)C1=O. The highest BCUT2D eigenvalue weighted by Gasteiger charge is 2.35. The Balaban J connectivity index is 1.86. The molecule has 0 N–H and O–H groups in total. The van der Waals surface area contributed by atoms with Crippen LogP contribution in [-0.4, -0.2) is 18.2 Å². The fraction of sp³-hybridized carbons (Fsp3) is 0.120. The number of carbonyl (C=O) groups excluding carboxylic acids is 1. The monoisotopic (exact) mass is 482 g/mol. The number of para-hydroxylation sites is 2. The summed E-state index contributed by atoms with van der Waals surface area (Å²) in [5, 5.41) is 1.42. The summed E-state index contributed by atoms with van der Waals surface area (Å²) in [6, 6.07) is 18.8. The standard InChI is InChI=1S/C25H20Cl2N2O2S/c1-15-8-7-9-16(2)22(15)28-25-29(19-10-5-4-6-11-19)24(30)21(32-25)13-17-12-18(26)14-20(27)23(17)31-3/h4-14H,1-3H3/b21-13-,28-25?. The lowest BCUT2D eigenvalue weighted by molar-refractivity contribution is -0.113. The first-order valence-electron chi connectivity index (χ1n) is 9.86. The number of amidine groups is 1. The van der Waals surface area contributed by atoms with Crippen molar-refractivity contribution in [1.29, 1.82) is 0 Å². The van der Waals surface area contributed by atoms with Gasteiger partial charge < -0.3 is 4.74 Å². The van der Waals surface area contributed by atoms with Gasteiger partial charge in [0.1, 0.15) is 5.75 Å². The van der Waals surface area contributed by atoms with Crippen molar-refractivity contribution in [3.63, 3.8) is 0 Å². The normalized spacial score (nSPS) is 16.3. The second-order valence-corrected chi connectivity index (χ2v) is 9.08. The van der Waals surface area contributed by atoms with Crippen LogP contribution in [0, 0.1) is 13.8 Å². The molecule has 4 nitrogen and oxygen atoms in total. The maximum absolute atomic E-state index is 13.5. The van der Waals surface area contributed by atoms with Gasteiger partial charge in [-0.3, -0.25) is 9.69 Å². The number of aliphatic imine (C=N–C) groups is 1. The summed E-state index contributed by atoms with van der Waals surface area (Å²) in [5.74, 6) is 0.285. The van der Waals surface area contributed by atoms with E-state index in [1.165, 1.54) is 18.9 Å². The van der Waals surface area contributed by atoms with Gasteiger partial charge >= 0.3 is 0 Å². The average Bonchev–Trinajstić information content (AvgIpc) is 3.06. The quantitative estimate of drug-likeness (QED) is 0.363. The molecule has 0 aliphatic carbocycles. The van der Waals surface area contributed by atoms with Gasteiger partial charge in [0.15, 0.2) is 5.17 Å². The molecule has 1 aliphatic rings. The number of rotatable bonds is 4. The number of amides is 1. The molecular formula is C25H20Cl2N2O2S. The molecule has 1 saturated heterocycles. The van der Waals surface area contributed by atoms with Crippen LogP contribution in [0.1, 0.15) is 16.7 Å². The van der Waals surface area contributed by atoms with Crippen molar-refractivity contribution in [1.82, 2.24) is 0 Å². The van der Waals surface area contributed by atoms with Gasteiger partial charge in [0.2, 0.25) is 0 Å². The zero-order valence-electron chi connectivity index (χ0n) is 17.7. The zero-order valence-corrected chi connectivity index (χ0v) is 20.1. The van der Waals surface area contributed by atoms with E-state index in [1.807, 2.05) is 62.4 Å². The third-order valence-corrected chi connectivity index (χ3v) is 6.46. The molecule has 3 aromatic carbocycles. The molecule has 0 bridgehead atoms. The van der Waals surface area contributed by atoms with E-state index in [1.54, 1.807) is 23.1 Å². The summed E-state index contributed by atoms with van der Waals surface area (Å²) in [6.07, 6.45) is 1.74. The van der Waals surface area contributed by atoms with Gasteiger partial charge in [0, 0.05) is 10.6 Å². The van der Waals surface area contributed by atoms with Crippen LogP contribution in [0.2, 0.25) is 10.0 Å². The van der Waals surface area contributed by atoms with E-state index < -0.39 is 0 Å². The van der Waals surface area contributed by atoms with Crippen molar-refractivity contribution in [2.45, 2.75) is 13.8 Å². The van der Waals surface area contributed by atoms with Gasteiger partial charge in [0.05, 0.1) is 28.4 Å². The predicted molar refractivity (Wildman–Crippen MR) is 136 cm³/mol. The number of aryl methyl sites for hydroxylation is 2. The number of thioether (sulfide) groups is 1. The molecule has 1 heterocycles. The second-order valence-electron chi connectivity index (χ2n) is 7.23. The fourth-order valence-corrected chi connectivity index (χ4v) is 5.04. The molecule has 7 heteroatoms. The summed E-state index contributed by atoms with van der Waals surface area (Å²) in [5.41, 5.74) is 4.31. The Hall–Kier alpha value is -2.73. The maximum atomic E-state index is 13.5. The largest absolute Gasteiger partial charge is 0.495 e. The molecule has 0 aromatic heterocycles. The molecule has 162 valence electrons. The van der Waals surface area contributed by atoms with Gasteiger partial charge in [-0.15, -0.1) is 0 Å². The van der Waals surface area contributed by atoms with Crippen molar-refractivity contribution in [2.24, 2.45) is 4.99 Å². The predicted octanol–water partition coefficient (Wildman–Crippen LogP) is 7.43. The highest BCUT2D eigenvalue weighted by atomic mass is 35.5. The minimum absolute atomic E-state index is 0.177. The van der Waals surface area contributed by atoms with Gasteiger partial charge in [-0.25, -0.2) is 4.99 Å². The molecule has 1 amide bonds. The Morgan fingerprint density at radius 2 is 1.69 bits per heavy atom. The van der Waals surface area contributed by atoms with E-state index in [9.17, 15) is 4.79 Å². The number of nitrogens with zero attached hydrogens (tertiary/aromatic N) is 2. The van der Waals surface area contributed by atoms with Crippen molar-refractivity contribution in [2.75, 3.05) is 12.0 Å². The van der Waals surface area contributed by atoms with Crippen molar-refractivity contribution < 1.29 is 9.53 Å². The highest BCUT2D eigenvalue weighted by molar-refractivity contribution is 8.19. The van der Waals surface area contributed by atoms with Crippen LogP contribution in [0.15, 0.2) is 70.6 Å². The van der Waals surface area contributed by atoms with E-state index in [2.05, 4.69) is 0 Å². The topological polar surface area (TPSA) is 41.9 Å². The number of carbonyl (C=O) groups is 1. The zero-order chi connectivity index (χ0) is 22.8. The lowest BCUT2D eigenvalue weighted by Gasteiger charge is -2.16. The number of halogens is 2. The Labute approximate surface area is 201 Å². The molecule has 4 rings (SSSR count). The molecule has 1 aliphatic heterocycles. The Kier molecular flexibility index (Phi) is 6.60. The molecule has 1 fully saturated rings. The molecule has 32 heavy (non-hydrogen) atoms. The molecule has 0 atom stereocenters. The van der Waals surface area contributed by atoms with Crippen LogP contribution >= 0.6 is 35.0 Å². The summed E-state index contributed by atoms with van der Waals surface area (Å²) in [4.78, 5) is 20.5. The van der Waals surface area contributed by atoms with Crippen LogP contribution in [0.4, 0.5) is 11.4 Å². The summed E-state index contributed by atoms with van der Waals surface area (Å²) < 4.78 is 5.44. The lowest BCUT2D eigenvalue weighted by Crippen LogP contribution is -2.28. The molecule has 0 spiro atoms. The van der Waals surface area contributed by atoms with E-state index in [0.29, 0.717) is 31.4 Å². The minimum Gasteiger partial charge on any atom is -0.495 e. The van der Waals surface area contributed by atoms with E-state index in [-0.39, 0.29) is 5.91 Å². The van der Waals surface area contributed by atoms with E-state index >= 15 is 0 Å². The van der Waals surface area contributed by atoms with Gasteiger partial charge in [0.25, 0.3) is 5.91 Å². The maximum Gasteiger partial charge on any atom is 0.271 e. The fourth-order valence-electron chi connectivity index (χ4n) is 3.48. The second kappa shape index (κ2) is 9.41. The first kappa shape index (κ1) is 22.5. The van der Waals surface area contributed by atoms with Crippen molar-refractivity contribution in [3.8, 4) is 5.75 Å². The Morgan fingerprint density at radius 1 is 1.00 bits per heavy atom. The third-order valence-electron chi connectivity index (χ3n) is 5.00. The van der Waals surface area contributed by atoms with Crippen LogP contribution in [0.25, 0.3) is 6.08 Å². The first-order chi connectivity index (χ1) is 15.4. The third kappa shape index (κ3) is 4.42. The molecule has 0 saturated carbocycles. The van der Waals surface area contributed by atoms with E-state index in [4.69, 9.17) is 32.9 Å². The van der Waals surface area contributed by atoms with Crippen LogP contribution < -0.4 is 9.64 Å². The van der Waals surface area contributed by atoms with Crippen molar-refractivity contribution >= 4 is 63.5 Å². The number of anilines is 1. The summed E-state index contributed by atoms with van der Waals surface area (Å²) >= 11 is 13.8. The number of hydrogen-bond acceptors (Lipinski definition) is 4. The Bertz CT molecular complexity index is 1240. The highest BCUT2D eigenvalue weighted by Crippen LogP contribution is 2.40. The Morgan fingerprint density at radius 3 is 2.34 bits per heavy atom. The molecule has 0 radical (unpaired) electrons. The number of benzene rings is 3. The lowest BCUT2D eigenvalue weighted by atomic mass is 10.1. The first-order valence-corrected chi connectivity index (χ1v) is 11.4. The van der Waals surface area contributed by atoms with Crippen LogP contribution in [-0.2, 0) is 4.79 Å². The van der Waals surface area contributed by atoms with Gasteiger partial charge in [-0.2, -0.15) is 0 Å². The van der Waals surface area contributed by atoms with E-state index in [0.717, 1.165) is 22.5 Å². The summed E-state index contributed by atoms with van der Waals surface area (Å²) in [6.45, 7) is 4.02. The number of ether oxygens (including phenoxy) is 1. The minimum atomic E-state index is -0.177. The summed E-state index contributed by atoms with van der Waals surface area (Å²) in [7, 11) is 1.53. The van der Waals surface area contributed by atoms with Crippen LogP contribution in [0.3, 0.4) is 0 Å². The average molecular weight is 483 g/mol.